The Morgan fingerprint density at radius 2 is 2.24 bits per heavy atom. The normalized spacial score (nSPS) is 34.9. The lowest BCUT2D eigenvalue weighted by Crippen LogP contribution is -2.39. The van der Waals surface area contributed by atoms with Gasteiger partial charge in [0.25, 0.3) is 0 Å². The molecule has 0 spiro atoms. The summed E-state index contributed by atoms with van der Waals surface area (Å²) in [6.45, 7) is 0.0393. The molecule has 8 heteroatoms. The number of nitrogens with zero attached hydrogens (tertiary/aromatic N) is 2. The van der Waals surface area contributed by atoms with Gasteiger partial charge in [-0.15, -0.1) is 0 Å². The molecule has 1 saturated heterocycles. The standard InChI is InChI=1S/C9H11N3O5/c10-4-1-5-12(9(15)11-4)8-7(14)6(13)3(17-8)2-16-5/h1,3,6-8,13-14H,2H2,(H2,10,11,15)/t3-,6-,7-,8-/m1/s1. The first-order valence-corrected chi connectivity index (χ1v) is 5.11. The van der Waals surface area contributed by atoms with Crippen LogP contribution >= 0.6 is 0 Å². The van der Waals surface area contributed by atoms with E-state index in [9.17, 15) is 15.0 Å². The van der Waals surface area contributed by atoms with Crippen molar-refractivity contribution in [2.75, 3.05) is 12.3 Å². The van der Waals surface area contributed by atoms with Crippen molar-refractivity contribution in [1.29, 1.82) is 0 Å². The fourth-order valence-corrected chi connectivity index (χ4v) is 2.08. The lowest BCUT2D eigenvalue weighted by Gasteiger charge is -2.21. The molecule has 3 heterocycles. The van der Waals surface area contributed by atoms with E-state index in [2.05, 4.69) is 4.98 Å². The molecule has 4 atom stereocenters. The van der Waals surface area contributed by atoms with E-state index >= 15 is 0 Å². The highest BCUT2D eigenvalue weighted by Gasteiger charge is 2.47. The van der Waals surface area contributed by atoms with Crippen molar-refractivity contribution >= 4 is 5.82 Å². The van der Waals surface area contributed by atoms with Gasteiger partial charge in [0.15, 0.2) is 6.23 Å². The SMILES string of the molecule is Nc1cc2n(c(=O)n1)[C@@H]1O[C@H](CO2)[C@@H](O)[C@H]1O. The second-order valence-corrected chi connectivity index (χ2v) is 4.03. The molecule has 8 nitrogen and oxygen atoms in total. The number of aromatic nitrogens is 2. The van der Waals surface area contributed by atoms with Crippen LogP contribution in [-0.2, 0) is 4.74 Å². The van der Waals surface area contributed by atoms with Gasteiger partial charge in [0.05, 0.1) is 0 Å². The summed E-state index contributed by atoms with van der Waals surface area (Å²) in [7, 11) is 0. The summed E-state index contributed by atoms with van der Waals surface area (Å²) in [6, 6.07) is 1.38. The molecule has 0 amide bonds. The molecule has 1 aromatic rings. The fraction of sp³-hybridized carbons (Fsp3) is 0.556. The first kappa shape index (κ1) is 10.5. The second kappa shape index (κ2) is 3.42. The summed E-state index contributed by atoms with van der Waals surface area (Å²) in [5.41, 5.74) is 4.75. The van der Waals surface area contributed by atoms with Crippen LogP contribution in [0.2, 0.25) is 0 Å². The average molecular weight is 241 g/mol. The van der Waals surface area contributed by atoms with Gasteiger partial charge in [-0.05, 0) is 0 Å². The first-order valence-electron chi connectivity index (χ1n) is 5.11. The Bertz CT molecular complexity index is 516. The summed E-state index contributed by atoms with van der Waals surface area (Å²) in [4.78, 5) is 15.2. The molecule has 2 aliphatic rings. The molecule has 2 bridgehead atoms. The number of hydrogen-bond acceptors (Lipinski definition) is 7. The number of anilines is 1. The van der Waals surface area contributed by atoms with Crippen molar-refractivity contribution in [2.45, 2.75) is 24.5 Å². The van der Waals surface area contributed by atoms with Gasteiger partial charge in [-0.25, -0.2) is 9.36 Å². The fourth-order valence-electron chi connectivity index (χ4n) is 2.08. The van der Waals surface area contributed by atoms with E-state index < -0.39 is 30.2 Å². The van der Waals surface area contributed by atoms with Gasteiger partial charge >= 0.3 is 5.69 Å². The Hall–Kier alpha value is -1.64. The topological polar surface area (TPSA) is 120 Å². The van der Waals surface area contributed by atoms with Crippen LogP contribution < -0.4 is 16.2 Å². The number of nitrogen functional groups attached to an aromatic ring is 1. The molecule has 0 radical (unpaired) electrons. The molecule has 4 N–H and O–H groups in total. The maximum atomic E-state index is 11.7. The Morgan fingerprint density at radius 3 is 3.00 bits per heavy atom. The van der Waals surface area contributed by atoms with Gasteiger partial charge in [0, 0.05) is 6.07 Å². The summed E-state index contributed by atoms with van der Waals surface area (Å²) in [5, 5.41) is 19.4. The van der Waals surface area contributed by atoms with Crippen LogP contribution in [0.5, 0.6) is 5.88 Å². The lowest BCUT2D eigenvalue weighted by atomic mass is 10.1. The van der Waals surface area contributed by atoms with Gasteiger partial charge in [0.2, 0.25) is 5.88 Å². The monoisotopic (exact) mass is 241 g/mol. The van der Waals surface area contributed by atoms with Crippen LogP contribution in [-0.4, -0.2) is 44.7 Å². The van der Waals surface area contributed by atoms with Gasteiger partial charge < -0.3 is 25.4 Å². The molecule has 0 saturated carbocycles. The molecule has 1 aromatic heterocycles. The van der Waals surface area contributed by atoms with Crippen molar-refractivity contribution in [3.05, 3.63) is 16.6 Å². The predicted molar refractivity (Wildman–Crippen MR) is 54.3 cm³/mol. The van der Waals surface area contributed by atoms with Crippen molar-refractivity contribution < 1.29 is 19.7 Å². The van der Waals surface area contributed by atoms with Crippen molar-refractivity contribution in [1.82, 2.24) is 9.55 Å². The van der Waals surface area contributed by atoms with E-state index in [1.807, 2.05) is 0 Å². The molecule has 0 unspecified atom stereocenters. The van der Waals surface area contributed by atoms with E-state index in [-0.39, 0.29) is 18.3 Å². The van der Waals surface area contributed by atoms with Crippen molar-refractivity contribution in [3.63, 3.8) is 0 Å². The van der Waals surface area contributed by atoms with Crippen molar-refractivity contribution in [3.8, 4) is 5.88 Å². The lowest BCUT2D eigenvalue weighted by molar-refractivity contribution is -0.0336. The Kier molecular flexibility index (Phi) is 2.12. The van der Waals surface area contributed by atoms with Crippen LogP contribution in [0.25, 0.3) is 0 Å². The van der Waals surface area contributed by atoms with Gasteiger partial charge in [-0.2, -0.15) is 4.98 Å². The van der Waals surface area contributed by atoms with Crippen molar-refractivity contribution in [2.24, 2.45) is 0 Å². The zero-order valence-corrected chi connectivity index (χ0v) is 8.68. The minimum atomic E-state index is -1.19. The Morgan fingerprint density at radius 1 is 1.47 bits per heavy atom. The summed E-state index contributed by atoms with van der Waals surface area (Å²) in [5.74, 6) is 0.218. The number of nitrogens with two attached hydrogens (primary N) is 1. The quantitative estimate of drug-likeness (QED) is 0.473. The van der Waals surface area contributed by atoms with Crippen LogP contribution in [0.4, 0.5) is 5.82 Å². The molecule has 1 fully saturated rings. The number of fused-ring (bicyclic) bond motifs is 4. The average Bonchev–Trinajstić information content (AvgIpc) is 2.49. The minimum Gasteiger partial charge on any atom is -0.476 e. The van der Waals surface area contributed by atoms with Gasteiger partial charge in [-0.3, -0.25) is 0 Å². The molecular formula is C9H11N3O5. The Labute approximate surface area is 95.2 Å². The molecule has 0 aromatic carbocycles. The number of aliphatic hydroxyl groups is 2. The van der Waals surface area contributed by atoms with E-state index in [1.54, 1.807) is 0 Å². The molecule has 2 aliphatic heterocycles. The third-order valence-corrected chi connectivity index (χ3v) is 2.93. The molecule has 92 valence electrons. The minimum absolute atomic E-state index is 0.0362. The Balaban J connectivity index is 2.17. The molecule has 17 heavy (non-hydrogen) atoms. The van der Waals surface area contributed by atoms with E-state index in [1.165, 1.54) is 6.07 Å². The third-order valence-electron chi connectivity index (χ3n) is 2.93. The smallest absolute Gasteiger partial charge is 0.354 e. The van der Waals surface area contributed by atoms with Crippen LogP contribution in [0.3, 0.4) is 0 Å². The van der Waals surface area contributed by atoms with E-state index in [4.69, 9.17) is 15.2 Å². The molecule has 0 aliphatic carbocycles. The van der Waals surface area contributed by atoms with E-state index in [0.29, 0.717) is 0 Å². The maximum Gasteiger partial charge on any atom is 0.354 e. The number of aliphatic hydroxyl groups excluding tert-OH is 2. The first-order chi connectivity index (χ1) is 8.08. The molecular weight excluding hydrogens is 230 g/mol. The largest absolute Gasteiger partial charge is 0.476 e. The second-order valence-electron chi connectivity index (χ2n) is 4.03. The highest BCUT2D eigenvalue weighted by atomic mass is 16.6. The van der Waals surface area contributed by atoms with Gasteiger partial charge in [-0.1, -0.05) is 0 Å². The maximum absolute atomic E-state index is 11.7. The highest BCUT2D eigenvalue weighted by molar-refractivity contribution is 5.32. The zero-order valence-electron chi connectivity index (χ0n) is 8.68. The number of hydrogen-bond donors (Lipinski definition) is 3. The number of rotatable bonds is 0. The summed E-state index contributed by atoms with van der Waals surface area (Å²) in [6.07, 6.45) is -3.94. The predicted octanol–water partition coefficient (Wildman–Crippen LogP) is -2.16. The zero-order chi connectivity index (χ0) is 12.2. The number of ether oxygens (including phenoxy) is 2. The van der Waals surface area contributed by atoms with Crippen LogP contribution in [0, 0.1) is 0 Å². The summed E-state index contributed by atoms with van der Waals surface area (Å²) >= 11 is 0. The third kappa shape index (κ3) is 1.42. The van der Waals surface area contributed by atoms with Crippen LogP contribution in [0.1, 0.15) is 6.23 Å². The van der Waals surface area contributed by atoms with Gasteiger partial charge in [0.1, 0.15) is 30.7 Å². The van der Waals surface area contributed by atoms with Crippen LogP contribution in [0.15, 0.2) is 10.9 Å². The highest BCUT2D eigenvalue weighted by Crippen LogP contribution is 2.34. The molecule has 3 rings (SSSR count). The summed E-state index contributed by atoms with van der Waals surface area (Å²) < 4.78 is 11.7. The van der Waals surface area contributed by atoms with E-state index in [0.717, 1.165) is 4.57 Å².